The van der Waals surface area contributed by atoms with Crippen LogP contribution in [0.5, 0.6) is 0 Å². The fourth-order valence-electron chi connectivity index (χ4n) is 0.995. The number of rotatable bonds is 1. The summed E-state index contributed by atoms with van der Waals surface area (Å²) in [6.07, 6.45) is 3.32. The topological polar surface area (TPSA) is 95.6 Å². The molecule has 2 aromatic rings. The highest BCUT2D eigenvalue weighted by Gasteiger charge is 2.07. The fraction of sp³-hybridized carbons (Fsp3) is 0. The molecule has 0 radical (unpaired) electrons. The molecule has 0 aliphatic carbocycles. The Morgan fingerprint density at radius 1 is 1.31 bits per heavy atom. The molecule has 0 unspecified atom stereocenters. The molecule has 6 heteroatoms. The lowest BCUT2D eigenvalue weighted by atomic mass is 10.3. The first kappa shape index (κ1) is 7.53. The van der Waals surface area contributed by atoms with Gasteiger partial charge >= 0.3 is 0 Å². The van der Waals surface area contributed by atoms with E-state index in [1.807, 2.05) is 6.07 Å². The van der Waals surface area contributed by atoms with Crippen LogP contribution in [0.15, 0.2) is 24.5 Å². The van der Waals surface area contributed by atoms with Crippen molar-refractivity contribution in [3.05, 3.63) is 24.5 Å². The van der Waals surface area contributed by atoms with Gasteiger partial charge in [-0.1, -0.05) is 0 Å². The number of pyridine rings is 1. The quantitative estimate of drug-likeness (QED) is 0.578. The van der Waals surface area contributed by atoms with E-state index in [0.717, 1.165) is 5.56 Å². The van der Waals surface area contributed by atoms with Gasteiger partial charge in [-0.3, -0.25) is 4.98 Å². The van der Waals surface area contributed by atoms with Crippen molar-refractivity contribution < 1.29 is 0 Å². The Balaban J connectivity index is 2.53. The highest BCUT2D eigenvalue weighted by atomic mass is 15.4. The van der Waals surface area contributed by atoms with Gasteiger partial charge in [0.2, 0.25) is 5.95 Å². The maximum absolute atomic E-state index is 5.57. The van der Waals surface area contributed by atoms with Crippen LogP contribution in [0.3, 0.4) is 0 Å². The van der Waals surface area contributed by atoms with Gasteiger partial charge in [0.05, 0.1) is 0 Å². The van der Waals surface area contributed by atoms with Crippen LogP contribution in [-0.4, -0.2) is 19.9 Å². The van der Waals surface area contributed by atoms with E-state index < -0.39 is 0 Å². The minimum Gasteiger partial charge on any atom is -0.366 e. The van der Waals surface area contributed by atoms with Gasteiger partial charge in [-0.15, -0.1) is 10.2 Å². The van der Waals surface area contributed by atoms with Gasteiger partial charge in [-0.25, -0.2) is 4.68 Å². The molecule has 0 saturated carbocycles. The van der Waals surface area contributed by atoms with Crippen LogP contribution in [0.2, 0.25) is 0 Å². The van der Waals surface area contributed by atoms with Crippen LogP contribution in [0.4, 0.5) is 5.95 Å². The van der Waals surface area contributed by atoms with Gasteiger partial charge in [0.15, 0.2) is 5.82 Å². The molecule has 66 valence electrons. The first-order valence-corrected chi connectivity index (χ1v) is 3.65. The Hall–Kier alpha value is -2.11. The third-order valence-electron chi connectivity index (χ3n) is 1.64. The summed E-state index contributed by atoms with van der Waals surface area (Å²) < 4.78 is 1.22. The standard InChI is InChI=1S/C7H8N6/c8-7-12-11-6(13(7)9)5-2-1-3-10-4-5/h1-4H,9H2,(H2,8,12). The average molecular weight is 176 g/mol. The van der Waals surface area contributed by atoms with Crippen molar-refractivity contribution in [1.29, 1.82) is 0 Å². The van der Waals surface area contributed by atoms with Crippen LogP contribution in [0.25, 0.3) is 11.4 Å². The predicted molar refractivity (Wildman–Crippen MR) is 47.8 cm³/mol. The van der Waals surface area contributed by atoms with E-state index >= 15 is 0 Å². The Morgan fingerprint density at radius 3 is 2.69 bits per heavy atom. The van der Waals surface area contributed by atoms with Gasteiger partial charge in [0.1, 0.15) is 0 Å². The second kappa shape index (κ2) is 2.74. The van der Waals surface area contributed by atoms with E-state index in [0.29, 0.717) is 5.82 Å². The largest absolute Gasteiger partial charge is 0.366 e. The van der Waals surface area contributed by atoms with Crippen molar-refractivity contribution in [2.45, 2.75) is 0 Å². The number of nitrogen functional groups attached to an aromatic ring is 2. The molecule has 0 spiro atoms. The maximum atomic E-state index is 5.57. The van der Waals surface area contributed by atoms with E-state index in [4.69, 9.17) is 11.6 Å². The number of nitrogens with two attached hydrogens (primary N) is 2. The lowest BCUT2D eigenvalue weighted by molar-refractivity contribution is 1.02. The van der Waals surface area contributed by atoms with Crippen molar-refractivity contribution in [2.75, 3.05) is 11.6 Å². The summed E-state index contributed by atoms with van der Waals surface area (Å²) in [7, 11) is 0. The Labute approximate surface area is 74.2 Å². The number of hydrogen-bond acceptors (Lipinski definition) is 5. The summed E-state index contributed by atoms with van der Waals surface area (Å²) in [5.74, 6) is 6.26. The summed E-state index contributed by atoms with van der Waals surface area (Å²) in [6.45, 7) is 0. The number of nitrogens with zero attached hydrogens (tertiary/aromatic N) is 4. The molecular weight excluding hydrogens is 168 g/mol. The summed E-state index contributed by atoms with van der Waals surface area (Å²) in [4.78, 5) is 3.93. The highest BCUT2D eigenvalue weighted by Crippen LogP contribution is 2.14. The smallest absolute Gasteiger partial charge is 0.241 e. The summed E-state index contributed by atoms with van der Waals surface area (Å²) in [6, 6.07) is 3.63. The van der Waals surface area contributed by atoms with Gasteiger partial charge in [-0.2, -0.15) is 0 Å². The predicted octanol–water partition coefficient (Wildman–Crippen LogP) is -0.364. The van der Waals surface area contributed by atoms with Crippen molar-refractivity contribution in [3.63, 3.8) is 0 Å². The minimum absolute atomic E-state index is 0.179. The second-order valence-corrected chi connectivity index (χ2v) is 2.49. The van der Waals surface area contributed by atoms with Crippen LogP contribution >= 0.6 is 0 Å². The molecule has 13 heavy (non-hydrogen) atoms. The minimum atomic E-state index is 0.179. The summed E-state index contributed by atoms with van der Waals surface area (Å²) in [5, 5.41) is 7.44. The van der Waals surface area contributed by atoms with Crippen molar-refractivity contribution >= 4 is 5.95 Å². The molecule has 0 bridgehead atoms. The lowest BCUT2D eigenvalue weighted by Gasteiger charge is -1.99. The molecule has 4 N–H and O–H groups in total. The third-order valence-corrected chi connectivity index (χ3v) is 1.64. The zero-order chi connectivity index (χ0) is 9.26. The van der Waals surface area contributed by atoms with Crippen LogP contribution in [0.1, 0.15) is 0 Å². The van der Waals surface area contributed by atoms with E-state index in [1.54, 1.807) is 18.5 Å². The van der Waals surface area contributed by atoms with Crippen LogP contribution in [-0.2, 0) is 0 Å². The molecule has 6 nitrogen and oxygen atoms in total. The fourth-order valence-corrected chi connectivity index (χ4v) is 0.995. The van der Waals surface area contributed by atoms with Gasteiger partial charge in [-0.05, 0) is 12.1 Å². The summed E-state index contributed by atoms with van der Waals surface area (Å²) >= 11 is 0. The molecule has 2 heterocycles. The number of hydrogen-bond donors (Lipinski definition) is 2. The molecule has 0 aliphatic heterocycles. The Morgan fingerprint density at radius 2 is 2.15 bits per heavy atom. The SMILES string of the molecule is Nc1nnc(-c2cccnc2)n1N. The van der Waals surface area contributed by atoms with Crippen molar-refractivity contribution in [2.24, 2.45) is 0 Å². The monoisotopic (exact) mass is 176 g/mol. The van der Waals surface area contributed by atoms with E-state index in [9.17, 15) is 0 Å². The number of anilines is 1. The van der Waals surface area contributed by atoms with Gasteiger partial charge in [0, 0.05) is 18.0 Å². The molecule has 0 saturated heterocycles. The maximum Gasteiger partial charge on any atom is 0.241 e. The average Bonchev–Trinajstić information content (AvgIpc) is 2.49. The van der Waals surface area contributed by atoms with E-state index in [1.165, 1.54) is 4.68 Å². The Kier molecular flexibility index (Phi) is 1.59. The normalized spacial score (nSPS) is 10.2. The van der Waals surface area contributed by atoms with E-state index in [2.05, 4.69) is 15.2 Å². The zero-order valence-corrected chi connectivity index (χ0v) is 6.75. The molecular formula is C7H8N6. The van der Waals surface area contributed by atoms with Crippen molar-refractivity contribution in [3.8, 4) is 11.4 Å². The van der Waals surface area contributed by atoms with Gasteiger partial charge in [0.25, 0.3) is 0 Å². The Bertz CT molecular complexity index is 406. The second-order valence-electron chi connectivity index (χ2n) is 2.49. The zero-order valence-electron chi connectivity index (χ0n) is 6.75. The lowest BCUT2D eigenvalue weighted by Crippen LogP contribution is -2.13. The van der Waals surface area contributed by atoms with Crippen LogP contribution < -0.4 is 11.6 Å². The molecule has 0 aromatic carbocycles. The first-order chi connectivity index (χ1) is 6.29. The summed E-state index contributed by atoms with van der Waals surface area (Å²) in [5.41, 5.74) is 6.21. The molecule has 2 rings (SSSR count). The molecule has 0 amide bonds. The molecule has 2 aromatic heterocycles. The van der Waals surface area contributed by atoms with Gasteiger partial charge < -0.3 is 11.6 Å². The molecule has 0 aliphatic rings. The first-order valence-electron chi connectivity index (χ1n) is 3.65. The van der Waals surface area contributed by atoms with E-state index in [-0.39, 0.29) is 5.95 Å². The molecule has 0 fully saturated rings. The van der Waals surface area contributed by atoms with Crippen molar-refractivity contribution in [1.82, 2.24) is 19.9 Å². The third kappa shape index (κ3) is 1.18. The van der Waals surface area contributed by atoms with Crippen LogP contribution in [0, 0.1) is 0 Å². The highest BCUT2D eigenvalue weighted by molar-refractivity contribution is 5.55. The molecule has 0 atom stereocenters. The number of aromatic nitrogens is 4.